The lowest BCUT2D eigenvalue weighted by atomic mass is 9.91. The molecular weight excluding hydrogens is 200 g/mol. The fourth-order valence-corrected chi connectivity index (χ4v) is 2.62. The summed E-state index contributed by atoms with van der Waals surface area (Å²) in [6, 6.07) is 1.14. The van der Waals surface area contributed by atoms with Crippen molar-refractivity contribution in [2.45, 2.75) is 63.5 Å². The van der Waals surface area contributed by atoms with Crippen LogP contribution in [0.2, 0.25) is 0 Å². The molecule has 1 heterocycles. The SMILES string of the molecule is CN(C(=O)CCC1CCCCN1)C1CCC1. The van der Waals surface area contributed by atoms with Gasteiger partial charge in [-0.1, -0.05) is 6.42 Å². The van der Waals surface area contributed by atoms with Crippen LogP contribution in [-0.4, -0.2) is 36.5 Å². The Hall–Kier alpha value is -0.570. The Morgan fingerprint density at radius 3 is 2.62 bits per heavy atom. The van der Waals surface area contributed by atoms with Crippen LogP contribution in [0.3, 0.4) is 0 Å². The molecular formula is C13H24N2O. The molecule has 1 saturated carbocycles. The van der Waals surface area contributed by atoms with Crippen LogP contribution >= 0.6 is 0 Å². The van der Waals surface area contributed by atoms with Gasteiger partial charge in [-0.05, 0) is 45.1 Å². The molecule has 92 valence electrons. The topological polar surface area (TPSA) is 32.3 Å². The molecule has 2 rings (SSSR count). The van der Waals surface area contributed by atoms with Crippen molar-refractivity contribution in [3.8, 4) is 0 Å². The van der Waals surface area contributed by atoms with Crippen molar-refractivity contribution in [2.75, 3.05) is 13.6 Å². The molecule has 1 aliphatic carbocycles. The number of hydrogen-bond acceptors (Lipinski definition) is 2. The molecule has 1 atom stereocenters. The van der Waals surface area contributed by atoms with Crippen LogP contribution in [0.5, 0.6) is 0 Å². The first-order valence-corrected chi connectivity index (χ1v) is 6.76. The van der Waals surface area contributed by atoms with Crippen LogP contribution in [0.25, 0.3) is 0 Å². The molecule has 3 heteroatoms. The van der Waals surface area contributed by atoms with E-state index in [1.807, 2.05) is 11.9 Å². The molecule has 0 aromatic carbocycles. The average molecular weight is 224 g/mol. The van der Waals surface area contributed by atoms with E-state index in [2.05, 4.69) is 5.32 Å². The van der Waals surface area contributed by atoms with E-state index in [0.717, 1.165) is 19.4 Å². The lowest BCUT2D eigenvalue weighted by Gasteiger charge is -2.35. The minimum absolute atomic E-state index is 0.345. The monoisotopic (exact) mass is 224 g/mol. The Bertz CT molecular complexity index is 232. The molecule has 1 amide bonds. The van der Waals surface area contributed by atoms with Gasteiger partial charge in [0.2, 0.25) is 5.91 Å². The van der Waals surface area contributed by atoms with Crippen molar-refractivity contribution in [3.05, 3.63) is 0 Å². The fraction of sp³-hybridized carbons (Fsp3) is 0.923. The number of carbonyl (C=O) groups is 1. The maximum atomic E-state index is 11.9. The summed E-state index contributed by atoms with van der Waals surface area (Å²) in [7, 11) is 1.97. The van der Waals surface area contributed by atoms with Crippen molar-refractivity contribution in [1.82, 2.24) is 10.2 Å². The smallest absolute Gasteiger partial charge is 0.222 e. The van der Waals surface area contributed by atoms with E-state index in [0.29, 0.717) is 18.0 Å². The van der Waals surface area contributed by atoms with E-state index >= 15 is 0 Å². The van der Waals surface area contributed by atoms with Crippen LogP contribution in [0, 0.1) is 0 Å². The highest BCUT2D eigenvalue weighted by molar-refractivity contribution is 5.76. The minimum Gasteiger partial charge on any atom is -0.343 e. The first kappa shape index (κ1) is 11.9. The summed E-state index contributed by atoms with van der Waals surface area (Å²) in [6.07, 6.45) is 9.35. The lowest BCUT2D eigenvalue weighted by molar-refractivity contribution is -0.133. The molecule has 3 nitrogen and oxygen atoms in total. The van der Waals surface area contributed by atoms with Gasteiger partial charge in [-0.3, -0.25) is 4.79 Å². The predicted octanol–water partition coefficient (Wildman–Crippen LogP) is 1.92. The van der Waals surface area contributed by atoms with Crippen LogP contribution in [0.4, 0.5) is 0 Å². The van der Waals surface area contributed by atoms with Gasteiger partial charge in [-0.25, -0.2) is 0 Å². The Labute approximate surface area is 98.6 Å². The molecule has 1 N–H and O–H groups in total. The van der Waals surface area contributed by atoms with Gasteiger partial charge in [-0.2, -0.15) is 0 Å². The maximum absolute atomic E-state index is 11.9. The number of nitrogens with one attached hydrogen (secondary N) is 1. The Kier molecular flexibility index (Phi) is 4.22. The Morgan fingerprint density at radius 1 is 1.25 bits per heavy atom. The molecule has 0 aromatic heterocycles. The number of piperidine rings is 1. The minimum atomic E-state index is 0.345. The first-order valence-electron chi connectivity index (χ1n) is 6.76. The highest BCUT2D eigenvalue weighted by Crippen LogP contribution is 2.24. The van der Waals surface area contributed by atoms with Gasteiger partial charge < -0.3 is 10.2 Å². The van der Waals surface area contributed by atoms with Gasteiger partial charge in [0.05, 0.1) is 0 Å². The van der Waals surface area contributed by atoms with Crippen molar-refractivity contribution >= 4 is 5.91 Å². The molecule has 2 aliphatic rings. The van der Waals surface area contributed by atoms with Gasteiger partial charge >= 0.3 is 0 Å². The van der Waals surface area contributed by atoms with Crippen molar-refractivity contribution in [2.24, 2.45) is 0 Å². The third-order valence-electron chi connectivity index (χ3n) is 4.13. The third kappa shape index (κ3) is 2.97. The molecule has 0 bridgehead atoms. The molecule has 0 aromatic rings. The van der Waals surface area contributed by atoms with Gasteiger partial charge in [0.1, 0.15) is 0 Å². The second-order valence-electron chi connectivity index (χ2n) is 5.27. The summed E-state index contributed by atoms with van der Waals surface area (Å²) in [6.45, 7) is 1.14. The zero-order valence-corrected chi connectivity index (χ0v) is 10.4. The molecule has 1 unspecified atom stereocenters. The summed E-state index contributed by atoms with van der Waals surface area (Å²) in [5, 5.41) is 3.50. The second kappa shape index (κ2) is 5.67. The van der Waals surface area contributed by atoms with Crippen molar-refractivity contribution in [3.63, 3.8) is 0 Å². The molecule has 1 saturated heterocycles. The summed E-state index contributed by atoms with van der Waals surface area (Å²) in [5.41, 5.74) is 0. The van der Waals surface area contributed by atoms with Crippen LogP contribution in [-0.2, 0) is 4.79 Å². The molecule has 0 spiro atoms. The molecule has 1 aliphatic heterocycles. The van der Waals surface area contributed by atoms with E-state index in [4.69, 9.17) is 0 Å². The van der Waals surface area contributed by atoms with E-state index < -0.39 is 0 Å². The van der Waals surface area contributed by atoms with Gasteiger partial charge in [0.15, 0.2) is 0 Å². The molecule has 2 fully saturated rings. The predicted molar refractivity (Wildman–Crippen MR) is 65.3 cm³/mol. The summed E-state index contributed by atoms with van der Waals surface area (Å²) in [5.74, 6) is 0.345. The van der Waals surface area contributed by atoms with Gasteiger partial charge in [0.25, 0.3) is 0 Å². The van der Waals surface area contributed by atoms with E-state index in [-0.39, 0.29) is 0 Å². The molecule has 16 heavy (non-hydrogen) atoms. The number of nitrogens with zero attached hydrogens (tertiary/aromatic N) is 1. The zero-order valence-electron chi connectivity index (χ0n) is 10.4. The molecule has 0 radical (unpaired) electrons. The second-order valence-corrected chi connectivity index (χ2v) is 5.27. The maximum Gasteiger partial charge on any atom is 0.222 e. The first-order chi connectivity index (χ1) is 7.77. The third-order valence-corrected chi connectivity index (χ3v) is 4.13. The number of amides is 1. The summed E-state index contributed by atoms with van der Waals surface area (Å²) in [4.78, 5) is 13.9. The largest absolute Gasteiger partial charge is 0.343 e. The quantitative estimate of drug-likeness (QED) is 0.791. The number of hydrogen-bond donors (Lipinski definition) is 1. The summed E-state index contributed by atoms with van der Waals surface area (Å²) >= 11 is 0. The van der Waals surface area contributed by atoms with Gasteiger partial charge in [0, 0.05) is 25.6 Å². The zero-order chi connectivity index (χ0) is 11.4. The Balaban J connectivity index is 1.65. The van der Waals surface area contributed by atoms with Crippen molar-refractivity contribution < 1.29 is 4.79 Å². The highest BCUT2D eigenvalue weighted by Gasteiger charge is 2.25. The van der Waals surface area contributed by atoms with Gasteiger partial charge in [-0.15, -0.1) is 0 Å². The Morgan fingerprint density at radius 2 is 2.06 bits per heavy atom. The number of rotatable bonds is 4. The number of carbonyl (C=O) groups excluding carboxylic acids is 1. The van der Waals surface area contributed by atoms with Crippen LogP contribution in [0.15, 0.2) is 0 Å². The van der Waals surface area contributed by atoms with E-state index in [9.17, 15) is 4.79 Å². The van der Waals surface area contributed by atoms with E-state index in [1.54, 1.807) is 0 Å². The van der Waals surface area contributed by atoms with Crippen LogP contribution in [0.1, 0.15) is 51.4 Å². The van der Waals surface area contributed by atoms with Crippen LogP contribution < -0.4 is 5.32 Å². The lowest BCUT2D eigenvalue weighted by Crippen LogP contribution is -2.42. The fourth-order valence-electron chi connectivity index (χ4n) is 2.62. The highest BCUT2D eigenvalue weighted by atomic mass is 16.2. The summed E-state index contributed by atoms with van der Waals surface area (Å²) < 4.78 is 0. The average Bonchev–Trinajstić information content (AvgIpc) is 2.25. The van der Waals surface area contributed by atoms with E-state index in [1.165, 1.54) is 38.5 Å². The standard InChI is InChI=1S/C13H24N2O/c1-15(12-6-4-7-12)13(16)9-8-11-5-2-3-10-14-11/h11-12,14H,2-10H2,1H3. The normalized spacial score (nSPS) is 26.2. The van der Waals surface area contributed by atoms with Crippen molar-refractivity contribution in [1.29, 1.82) is 0 Å².